The van der Waals surface area contributed by atoms with Crippen molar-refractivity contribution >= 4 is 69.8 Å². The number of rotatable bonds is 7. The molecule has 39 heavy (non-hydrogen) atoms. The minimum Gasteiger partial charge on any atom is -0.490 e. The van der Waals surface area contributed by atoms with Gasteiger partial charge in [-0.25, -0.2) is 4.79 Å². The van der Waals surface area contributed by atoms with Gasteiger partial charge < -0.3 is 18.9 Å². The maximum absolute atomic E-state index is 13.1. The van der Waals surface area contributed by atoms with Gasteiger partial charge in [-0.15, -0.1) is 0 Å². The van der Waals surface area contributed by atoms with Crippen molar-refractivity contribution in [2.75, 3.05) is 13.4 Å². The highest BCUT2D eigenvalue weighted by Gasteiger charge is 2.36. The van der Waals surface area contributed by atoms with Gasteiger partial charge in [0.1, 0.15) is 0 Å². The van der Waals surface area contributed by atoms with Gasteiger partial charge in [0.25, 0.3) is 11.1 Å². The topological polar surface area (TPSA) is 91.4 Å². The van der Waals surface area contributed by atoms with Crippen molar-refractivity contribution in [3.63, 3.8) is 0 Å². The van der Waals surface area contributed by atoms with Crippen LogP contribution in [0.25, 0.3) is 6.08 Å². The third-order valence-corrected chi connectivity index (χ3v) is 7.40. The molecule has 200 valence electrons. The molecule has 0 saturated carbocycles. The van der Waals surface area contributed by atoms with Crippen LogP contribution in [0.4, 0.5) is 4.79 Å². The molecule has 2 heterocycles. The predicted molar refractivity (Wildman–Crippen MR) is 148 cm³/mol. The fourth-order valence-corrected chi connectivity index (χ4v) is 5.34. The molecule has 0 spiro atoms. The molecule has 1 saturated heterocycles. The number of esters is 1. The monoisotopic (exact) mass is 605 g/mol. The number of hydrogen-bond acceptors (Lipinski definition) is 8. The normalized spacial score (nSPS) is 15.3. The SMILES string of the molecule is CCOc1cc(/C=C2\SC(=O)N(Cc3cc4c(cc3Cl)OCO4)C2=O)cc(Cl)c1OC(=O)c1cccc(Cl)c1. The van der Waals surface area contributed by atoms with E-state index in [-0.39, 0.29) is 46.9 Å². The smallest absolute Gasteiger partial charge is 0.343 e. The van der Waals surface area contributed by atoms with Gasteiger partial charge in [0.2, 0.25) is 6.79 Å². The number of hydrogen-bond donors (Lipinski definition) is 0. The Kier molecular flexibility index (Phi) is 7.95. The second kappa shape index (κ2) is 11.4. The summed E-state index contributed by atoms with van der Waals surface area (Å²) >= 11 is 19.6. The second-order valence-corrected chi connectivity index (χ2v) is 10.5. The highest BCUT2D eigenvalue weighted by atomic mass is 35.5. The van der Waals surface area contributed by atoms with Crippen LogP contribution in [0.5, 0.6) is 23.0 Å². The van der Waals surface area contributed by atoms with Crippen LogP contribution in [0.1, 0.15) is 28.4 Å². The summed E-state index contributed by atoms with van der Waals surface area (Å²) in [7, 11) is 0. The van der Waals surface area contributed by atoms with E-state index < -0.39 is 17.1 Å². The maximum Gasteiger partial charge on any atom is 0.343 e. The molecule has 2 amide bonds. The Morgan fingerprint density at radius 3 is 2.56 bits per heavy atom. The molecule has 3 aromatic rings. The molecule has 1 fully saturated rings. The quantitative estimate of drug-likeness (QED) is 0.158. The van der Waals surface area contributed by atoms with Crippen molar-refractivity contribution in [2.45, 2.75) is 13.5 Å². The summed E-state index contributed by atoms with van der Waals surface area (Å²) in [5.41, 5.74) is 1.25. The Bertz CT molecular complexity index is 1540. The van der Waals surface area contributed by atoms with E-state index in [2.05, 4.69) is 0 Å². The van der Waals surface area contributed by atoms with Crippen LogP contribution < -0.4 is 18.9 Å². The zero-order chi connectivity index (χ0) is 27.7. The number of imide groups is 1. The van der Waals surface area contributed by atoms with Crippen LogP contribution in [-0.2, 0) is 11.3 Å². The number of halogens is 3. The average molecular weight is 607 g/mol. The number of nitrogens with zero attached hydrogens (tertiary/aromatic N) is 1. The highest BCUT2D eigenvalue weighted by molar-refractivity contribution is 8.18. The van der Waals surface area contributed by atoms with Crippen LogP contribution in [-0.4, -0.2) is 35.4 Å². The lowest BCUT2D eigenvalue weighted by Crippen LogP contribution is -2.27. The Labute approximate surface area is 242 Å². The van der Waals surface area contributed by atoms with Crippen molar-refractivity contribution in [3.05, 3.63) is 85.2 Å². The van der Waals surface area contributed by atoms with Crippen LogP contribution in [0.3, 0.4) is 0 Å². The first-order valence-electron chi connectivity index (χ1n) is 11.5. The van der Waals surface area contributed by atoms with Crippen molar-refractivity contribution in [2.24, 2.45) is 0 Å². The molecule has 12 heteroatoms. The Hall–Kier alpha value is -3.37. The number of thioether (sulfide) groups is 1. The Balaban J connectivity index is 1.38. The van der Waals surface area contributed by atoms with E-state index in [1.807, 2.05) is 0 Å². The number of ether oxygens (including phenoxy) is 4. The van der Waals surface area contributed by atoms with Gasteiger partial charge in [0, 0.05) is 16.1 Å². The van der Waals surface area contributed by atoms with E-state index in [1.54, 1.807) is 43.3 Å². The minimum atomic E-state index is -0.670. The van der Waals surface area contributed by atoms with Crippen LogP contribution in [0, 0.1) is 0 Å². The number of carbonyl (C=O) groups excluding carboxylic acids is 3. The molecular formula is C27H18Cl3NO7S. The minimum absolute atomic E-state index is 0.0196. The molecule has 0 unspecified atom stereocenters. The summed E-state index contributed by atoms with van der Waals surface area (Å²) in [5, 5.41) is 0.348. The van der Waals surface area contributed by atoms with Gasteiger partial charge in [-0.2, -0.15) is 0 Å². The Morgan fingerprint density at radius 1 is 1.05 bits per heavy atom. The van der Waals surface area contributed by atoms with Gasteiger partial charge in [0.05, 0.1) is 28.6 Å². The molecule has 0 bridgehead atoms. The zero-order valence-corrected chi connectivity index (χ0v) is 23.2. The predicted octanol–water partition coefficient (Wildman–Crippen LogP) is 7.23. The molecule has 0 radical (unpaired) electrons. The van der Waals surface area contributed by atoms with Crippen molar-refractivity contribution in [1.82, 2.24) is 4.90 Å². The van der Waals surface area contributed by atoms with E-state index in [0.29, 0.717) is 32.7 Å². The largest absolute Gasteiger partial charge is 0.490 e. The van der Waals surface area contributed by atoms with Gasteiger partial charge >= 0.3 is 5.97 Å². The molecule has 0 aromatic heterocycles. The van der Waals surface area contributed by atoms with Crippen molar-refractivity contribution in [3.8, 4) is 23.0 Å². The van der Waals surface area contributed by atoms with Crippen LogP contribution >= 0.6 is 46.6 Å². The van der Waals surface area contributed by atoms with Crippen molar-refractivity contribution in [1.29, 1.82) is 0 Å². The maximum atomic E-state index is 13.1. The van der Waals surface area contributed by atoms with Gasteiger partial charge in [0.15, 0.2) is 23.0 Å². The van der Waals surface area contributed by atoms with Gasteiger partial charge in [-0.05, 0) is 72.3 Å². The number of benzene rings is 3. The average Bonchev–Trinajstić information content (AvgIpc) is 3.45. The lowest BCUT2D eigenvalue weighted by molar-refractivity contribution is -0.123. The van der Waals surface area contributed by atoms with E-state index >= 15 is 0 Å². The van der Waals surface area contributed by atoms with Crippen LogP contribution in [0.15, 0.2) is 53.4 Å². The molecule has 0 N–H and O–H groups in total. The van der Waals surface area contributed by atoms with E-state index in [9.17, 15) is 14.4 Å². The summed E-state index contributed by atoms with van der Waals surface area (Å²) in [6.45, 7) is 2.05. The summed E-state index contributed by atoms with van der Waals surface area (Å²) < 4.78 is 21.8. The third-order valence-electron chi connectivity index (χ3n) is 5.63. The van der Waals surface area contributed by atoms with E-state index in [4.69, 9.17) is 53.8 Å². The lowest BCUT2D eigenvalue weighted by atomic mass is 10.1. The van der Waals surface area contributed by atoms with Crippen LogP contribution in [0.2, 0.25) is 15.1 Å². The summed E-state index contributed by atoms with van der Waals surface area (Å²) in [6.07, 6.45) is 1.52. The third kappa shape index (κ3) is 5.81. The summed E-state index contributed by atoms with van der Waals surface area (Å²) in [5.74, 6) is 0.0393. The lowest BCUT2D eigenvalue weighted by Gasteiger charge is -2.14. The number of carbonyl (C=O) groups is 3. The molecule has 8 nitrogen and oxygen atoms in total. The molecule has 5 rings (SSSR count). The molecule has 2 aliphatic heterocycles. The fraction of sp³-hybridized carbons (Fsp3) is 0.148. The molecule has 2 aliphatic rings. The van der Waals surface area contributed by atoms with Gasteiger partial charge in [-0.3, -0.25) is 14.5 Å². The van der Waals surface area contributed by atoms with E-state index in [0.717, 1.165) is 16.7 Å². The first kappa shape index (κ1) is 27.2. The molecule has 3 aromatic carbocycles. The Morgan fingerprint density at radius 2 is 1.82 bits per heavy atom. The highest BCUT2D eigenvalue weighted by Crippen LogP contribution is 2.41. The first-order valence-corrected chi connectivity index (χ1v) is 13.5. The standard InChI is InChI=1S/C27H18Cl3NO7S/c1-2-35-22-7-14(6-19(30)24(22)38-26(33)15-4-3-5-17(28)9-15)8-23-25(32)31(27(34)39-23)12-16-10-20-21(11-18(16)29)37-13-36-20/h3-11H,2,12-13H2,1H3/b23-8-. The first-order chi connectivity index (χ1) is 18.7. The number of fused-ring (bicyclic) bond motifs is 1. The number of amides is 2. The van der Waals surface area contributed by atoms with E-state index in [1.165, 1.54) is 18.2 Å². The summed E-state index contributed by atoms with van der Waals surface area (Å²) in [6, 6.07) is 12.6. The zero-order valence-electron chi connectivity index (χ0n) is 20.2. The summed E-state index contributed by atoms with van der Waals surface area (Å²) in [4.78, 5) is 39.8. The van der Waals surface area contributed by atoms with Crippen molar-refractivity contribution < 1.29 is 33.3 Å². The fourth-order valence-electron chi connectivity index (χ4n) is 3.84. The van der Waals surface area contributed by atoms with Gasteiger partial charge in [-0.1, -0.05) is 40.9 Å². The second-order valence-electron chi connectivity index (χ2n) is 8.23. The molecular weight excluding hydrogens is 589 g/mol. The molecule has 0 atom stereocenters. The molecule has 0 aliphatic carbocycles.